The zero-order valence-corrected chi connectivity index (χ0v) is 11.3. The lowest BCUT2D eigenvalue weighted by atomic mass is 10.1. The van der Waals surface area contributed by atoms with E-state index in [2.05, 4.69) is 60.7 Å². The lowest BCUT2D eigenvalue weighted by Gasteiger charge is -2.00. The van der Waals surface area contributed by atoms with Gasteiger partial charge in [-0.3, -0.25) is 0 Å². The van der Waals surface area contributed by atoms with Gasteiger partial charge in [-0.25, -0.2) is 4.79 Å². The number of hydrogen-bond acceptors (Lipinski definition) is 1. The van der Waals surface area contributed by atoms with Crippen molar-refractivity contribution in [3.63, 3.8) is 0 Å². The maximum absolute atomic E-state index is 9.62. The van der Waals surface area contributed by atoms with Crippen molar-refractivity contribution < 1.29 is 9.90 Å². The van der Waals surface area contributed by atoms with Gasteiger partial charge in [0.25, 0.3) is 0 Å². The summed E-state index contributed by atoms with van der Waals surface area (Å²) in [7, 11) is 2.95. The average molecular weight is 257 g/mol. The fraction of sp³-hybridized carbons (Fsp3) is 0.188. The van der Waals surface area contributed by atoms with Gasteiger partial charge in [0, 0.05) is 14.1 Å². The normalized spacial score (nSPS) is 9.16. The van der Waals surface area contributed by atoms with Crippen molar-refractivity contribution in [3.8, 4) is 0 Å². The molecule has 3 nitrogen and oxygen atoms in total. The summed E-state index contributed by atoms with van der Waals surface area (Å²) in [5.41, 5.74) is 2.74. The van der Waals surface area contributed by atoms with E-state index < -0.39 is 6.09 Å². The van der Waals surface area contributed by atoms with Gasteiger partial charge in [0.15, 0.2) is 0 Å². The molecule has 0 aliphatic rings. The van der Waals surface area contributed by atoms with Gasteiger partial charge < -0.3 is 10.0 Å². The Labute approximate surface area is 114 Å². The monoisotopic (exact) mass is 257 g/mol. The van der Waals surface area contributed by atoms with Crippen LogP contribution < -0.4 is 0 Å². The predicted molar refractivity (Wildman–Crippen MR) is 77.4 cm³/mol. The minimum absolute atomic E-state index is 0.907. The lowest BCUT2D eigenvalue weighted by molar-refractivity contribution is 0.165. The smallest absolute Gasteiger partial charge is 0.406 e. The summed E-state index contributed by atoms with van der Waals surface area (Å²) in [6.07, 6.45) is 0.122. The molecule has 2 aromatic carbocycles. The first-order chi connectivity index (χ1) is 9.09. The molecule has 0 aliphatic carbocycles. The summed E-state index contributed by atoms with van der Waals surface area (Å²) in [4.78, 5) is 10.7. The molecule has 2 rings (SSSR count). The first kappa shape index (κ1) is 14.8. The third-order valence-electron chi connectivity index (χ3n) is 2.48. The molecule has 1 amide bonds. The average Bonchev–Trinajstić information content (AvgIpc) is 2.41. The number of benzene rings is 2. The number of amides is 1. The molecule has 0 bridgehead atoms. The maximum Gasteiger partial charge on any atom is 0.406 e. The van der Waals surface area contributed by atoms with Crippen LogP contribution in [0.2, 0.25) is 0 Å². The van der Waals surface area contributed by atoms with Gasteiger partial charge in [-0.15, -0.1) is 0 Å². The standard InChI is InChI=1S/C13H12.C3H7NO2/c1-3-7-12(8-4-1)11-13-9-5-2-6-10-13;1-4(2)3(5)6/h1-10H,11H2;1-2H3,(H,5,6). The van der Waals surface area contributed by atoms with Gasteiger partial charge in [-0.2, -0.15) is 0 Å². The van der Waals surface area contributed by atoms with Crippen LogP contribution in [0.4, 0.5) is 4.79 Å². The van der Waals surface area contributed by atoms with Crippen molar-refractivity contribution in [1.29, 1.82) is 0 Å². The van der Waals surface area contributed by atoms with E-state index >= 15 is 0 Å². The molecule has 0 heterocycles. The number of rotatable bonds is 2. The summed E-state index contributed by atoms with van der Waals surface area (Å²) < 4.78 is 0. The highest BCUT2D eigenvalue weighted by molar-refractivity contribution is 5.63. The molecule has 0 atom stereocenters. The lowest BCUT2D eigenvalue weighted by Crippen LogP contribution is -2.18. The molecule has 0 unspecified atom stereocenters. The Kier molecular flexibility index (Phi) is 6.16. The van der Waals surface area contributed by atoms with E-state index in [1.54, 1.807) is 0 Å². The zero-order chi connectivity index (χ0) is 14.1. The van der Waals surface area contributed by atoms with Crippen molar-refractivity contribution in [2.75, 3.05) is 14.1 Å². The van der Waals surface area contributed by atoms with Crippen LogP contribution in [0.25, 0.3) is 0 Å². The molecule has 0 saturated heterocycles. The molecule has 0 radical (unpaired) electrons. The highest BCUT2D eigenvalue weighted by Crippen LogP contribution is 2.07. The van der Waals surface area contributed by atoms with Crippen LogP contribution in [0.15, 0.2) is 60.7 Å². The van der Waals surface area contributed by atoms with E-state index in [0.717, 1.165) is 11.3 Å². The molecule has 0 spiro atoms. The van der Waals surface area contributed by atoms with Crippen LogP contribution in [-0.2, 0) is 6.42 Å². The van der Waals surface area contributed by atoms with E-state index in [9.17, 15) is 4.79 Å². The molecule has 0 aromatic heterocycles. The van der Waals surface area contributed by atoms with Crippen molar-refractivity contribution in [2.45, 2.75) is 6.42 Å². The van der Waals surface area contributed by atoms with Crippen LogP contribution in [-0.4, -0.2) is 30.2 Å². The van der Waals surface area contributed by atoms with Crippen LogP contribution in [0.3, 0.4) is 0 Å². The Morgan fingerprint density at radius 2 is 1.21 bits per heavy atom. The molecule has 1 N–H and O–H groups in total. The first-order valence-corrected chi connectivity index (χ1v) is 6.07. The summed E-state index contributed by atoms with van der Waals surface area (Å²) in [5.74, 6) is 0. The maximum atomic E-state index is 9.62. The highest BCUT2D eigenvalue weighted by Gasteiger charge is 1.93. The summed E-state index contributed by atoms with van der Waals surface area (Å²) >= 11 is 0. The minimum Gasteiger partial charge on any atom is -0.465 e. The number of carboxylic acid groups (broad SMARTS) is 1. The van der Waals surface area contributed by atoms with E-state index in [1.165, 1.54) is 25.2 Å². The van der Waals surface area contributed by atoms with E-state index in [4.69, 9.17) is 5.11 Å². The van der Waals surface area contributed by atoms with Crippen molar-refractivity contribution in [2.24, 2.45) is 0 Å². The second-order valence-electron chi connectivity index (χ2n) is 4.32. The van der Waals surface area contributed by atoms with Crippen molar-refractivity contribution in [3.05, 3.63) is 71.8 Å². The Morgan fingerprint density at radius 3 is 1.47 bits per heavy atom. The fourth-order valence-corrected chi connectivity index (χ4v) is 1.43. The van der Waals surface area contributed by atoms with Gasteiger partial charge in [0.1, 0.15) is 0 Å². The van der Waals surface area contributed by atoms with Crippen molar-refractivity contribution in [1.82, 2.24) is 4.90 Å². The highest BCUT2D eigenvalue weighted by atomic mass is 16.4. The van der Waals surface area contributed by atoms with E-state index in [0.29, 0.717) is 0 Å². The molecular formula is C16H19NO2. The summed E-state index contributed by atoms with van der Waals surface area (Å²) in [6.45, 7) is 0. The number of hydrogen-bond donors (Lipinski definition) is 1. The van der Waals surface area contributed by atoms with Crippen molar-refractivity contribution >= 4 is 6.09 Å². The zero-order valence-electron chi connectivity index (χ0n) is 11.3. The topological polar surface area (TPSA) is 40.5 Å². The largest absolute Gasteiger partial charge is 0.465 e. The summed E-state index contributed by atoms with van der Waals surface area (Å²) in [5, 5.41) is 7.92. The molecule has 0 fully saturated rings. The molecule has 0 aliphatic heterocycles. The third kappa shape index (κ3) is 6.27. The Hall–Kier alpha value is -2.29. The van der Waals surface area contributed by atoms with Gasteiger partial charge in [0.05, 0.1) is 0 Å². The molecule has 2 aromatic rings. The SMILES string of the molecule is CN(C)C(=O)O.c1ccc(Cc2ccccc2)cc1. The summed E-state index contributed by atoms with van der Waals surface area (Å²) in [6, 6.07) is 21.1. The molecule has 100 valence electrons. The third-order valence-corrected chi connectivity index (χ3v) is 2.48. The molecule has 0 saturated carbocycles. The minimum atomic E-state index is -0.907. The number of carbonyl (C=O) groups is 1. The van der Waals surface area contributed by atoms with Gasteiger partial charge >= 0.3 is 6.09 Å². The van der Waals surface area contributed by atoms with Gasteiger partial charge in [-0.05, 0) is 17.5 Å². The quantitative estimate of drug-likeness (QED) is 0.894. The Bertz CT molecular complexity index is 443. The van der Waals surface area contributed by atoms with Gasteiger partial charge in [-0.1, -0.05) is 60.7 Å². The van der Waals surface area contributed by atoms with Crippen LogP contribution in [0.1, 0.15) is 11.1 Å². The first-order valence-electron chi connectivity index (χ1n) is 6.07. The molecule has 3 heteroatoms. The van der Waals surface area contributed by atoms with E-state index in [1.807, 2.05) is 0 Å². The van der Waals surface area contributed by atoms with Crippen LogP contribution in [0, 0.1) is 0 Å². The van der Waals surface area contributed by atoms with E-state index in [-0.39, 0.29) is 0 Å². The number of nitrogens with zero attached hydrogens (tertiary/aromatic N) is 1. The Morgan fingerprint density at radius 1 is 0.895 bits per heavy atom. The second-order valence-corrected chi connectivity index (χ2v) is 4.32. The predicted octanol–water partition coefficient (Wildman–Crippen LogP) is 3.50. The fourth-order valence-electron chi connectivity index (χ4n) is 1.43. The molecule has 19 heavy (non-hydrogen) atoms. The van der Waals surface area contributed by atoms with Crippen LogP contribution >= 0.6 is 0 Å². The molecular weight excluding hydrogens is 238 g/mol. The Balaban J connectivity index is 0.000000258. The second kappa shape index (κ2) is 7.93. The van der Waals surface area contributed by atoms with Gasteiger partial charge in [0.2, 0.25) is 0 Å². The van der Waals surface area contributed by atoms with Crippen LogP contribution in [0.5, 0.6) is 0 Å².